The zero-order valence-corrected chi connectivity index (χ0v) is 14.9. The molecule has 27 heavy (non-hydrogen) atoms. The molecular formula is C21H19FN4O. The third-order valence-electron chi connectivity index (χ3n) is 4.64. The average Bonchev–Trinajstić information content (AvgIpc) is 3.24. The van der Waals surface area contributed by atoms with Gasteiger partial charge in [0.1, 0.15) is 11.6 Å². The second kappa shape index (κ2) is 7.07. The number of rotatable bonds is 5. The zero-order valence-electron chi connectivity index (χ0n) is 14.9. The highest BCUT2D eigenvalue weighted by molar-refractivity contribution is 5.93. The van der Waals surface area contributed by atoms with Gasteiger partial charge in [-0.2, -0.15) is 5.10 Å². The topological polar surface area (TPSA) is 62.7 Å². The van der Waals surface area contributed by atoms with Crippen molar-refractivity contribution in [2.45, 2.75) is 12.8 Å². The van der Waals surface area contributed by atoms with Gasteiger partial charge in [-0.05, 0) is 47.9 Å². The number of nitrogens with one attached hydrogen (secondary N) is 2. The molecule has 4 aromatic rings. The Hall–Kier alpha value is -3.41. The number of amides is 1. The molecule has 2 aromatic carbocycles. The van der Waals surface area contributed by atoms with Gasteiger partial charge in [-0.3, -0.25) is 9.48 Å². The molecule has 0 aliphatic carbocycles. The van der Waals surface area contributed by atoms with Gasteiger partial charge in [0.2, 0.25) is 5.91 Å². The molecule has 0 spiro atoms. The van der Waals surface area contributed by atoms with E-state index in [-0.39, 0.29) is 11.7 Å². The number of aryl methyl sites for hydroxylation is 2. The summed E-state index contributed by atoms with van der Waals surface area (Å²) in [4.78, 5) is 15.8. The normalized spacial score (nSPS) is 11.0. The number of halogens is 1. The first-order valence-corrected chi connectivity index (χ1v) is 8.75. The molecule has 0 fully saturated rings. The number of anilines is 1. The van der Waals surface area contributed by atoms with Crippen LogP contribution in [0.2, 0.25) is 0 Å². The van der Waals surface area contributed by atoms with Gasteiger partial charge in [0, 0.05) is 36.1 Å². The summed E-state index contributed by atoms with van der Waals surface area (Å²) in [5, 5.41) is 7.99. The first-order valence-electron chi connectivity index (χ1n) is 8.75. The van der Waals surface area contributed by atoms with Crippen molar-refractivity contribution in [3.63, 3.8) is 0 Å². The Bertz CT molecular complexity index is 1100. The fourth-order valence-electron chi connectivity index (χ4n) is 3.26. The lowest BCUT2D eigenvalue weighted by atomic mass is 10.0. The number of fused-ring (bicyclic) bond motifs is 1. The van der Waals surface area contributed by atoms with Crippen LogP contribution in [0.1, 0.15) is 12.0 Å². The van der Waals surface area contributed by atoms with Gasteiger partial charge in [0.25, 0.3) is 0 Å². The first kappa shape index (κ1) is 17.0. The van der Waals surface area contributed by atoms with E-state index < -0.39 is 0 Å². The predicted octanol–water partition coefficient (Wildman–Crippen LogP) is 4.28. The van der Waals surface area contributed by atoms with Crippen molar-refractivity contribution in [1.29, 1.82) is 0 Å². The van der Waals surface area contributed by atoms with Gasteiger partial charge in [-0.25, -0.2) is 4.39 Å². The van der Waals surface area contributed by atoms with Gasteiger partial charge in [-0.15, -0.1) is 0 Å². The quantitative estimate of drug-likeness (QED) is 0.557. The van der Waals surface area contributed by atoms with E-state index in [9.17, 15) is 9.18 Å². The summed E-state index contributed by atoms with van der Waals surface area (Å²) in [7, 11) is 1.78. The van der Waals surface area contributed by atoms with E-state index >= 15 is 0 Å². The van der Waals surface area contributed by atoms with E-state index in [1.54, 1.807) is 36.1 Å². The average molecular weight is 362 g/mol. The van der Waals surface area contributed by atoms with Crippen LogP contribution in [-0.2, 0) is 18.3 Å². The summed E-state index contributed by atoms with van der Waals surface area (Å²) in [5.41, 5.74) is 3.87. The Morgan fingerprint density at radius 3 is 2.67 bits per heavy atom. The van der Waals surface area contributed by atoms with Crippen LogP contribution in [0, 0.1) is 5.82 Å². The summed E-state index contributed by atoms with van der Waals surface area (Å²) < 4.78 is 14.9. The van der Waals surface area contributed by atoms with Crippen molar-refractivity contribution in [3.05, 3.63) is 72.2 Å². The molecule has 0 aliphatic rings. The largest absolute Gasteiger partial charge is 0.354 e. The third kappa shape index (κ3) is 3.46. The second-order valence-corrected chi connectivity index (χ2v) is 6.42. The lowest BCUT2D eigenvalue weighted by molar-refractivity contribution is -0.116. The molecule has 2 N–H and O–H groups in total. The van der Waals surface area contributed by atoms with Crippen molar-refractivity contribution in [3.8, 4) is 11.3 Å². The third-order valence-corrected chi connectivity index (χ3v) is 4.64. The van der Waals surface area contributed by atoms with E-state index in [2.05, 4.69) is 15.4 Å². The number of H-pyrrole nitrogens is 1. The van der Waals surface area contributed by atoms with Crippen molar-refractivity contribution in [2.24, 2.45) is 7.05 Å². The number of aromatic amines is 1. The van der Waals surface area contributed by atoms with E-state index in [0.29, 0.717) is 18.7 Å². The van der Waals surface area contributed by atoms with Crippen LogP contribution in [-0.4, -0.2) is 20.7 Å². The molecule has 5 nitrogen and oxygen atoms in total. The molecule has 0 radical (unpaired) electrons. The van der Waals surface area contributed by atoms with Crippen molar-refractivity contribution >= 4 is 22.6 Å². The Labute approximate surface area is 155 Å². The van der Waals surface area contributed by atoms with Crippen LogP contribution >= 0.6 is 0 Å². The van der Waals surface area contributed by atoms with Gasteiger partial charge in [0.05, 0.1) is 6.20 Å². The number of benzene rings is 2. The number of carbonyl (C=O) groups is 1. The van der Waals surface area contributed by atoms with E-state index in [0.717, 1.165) is 27.7 Å². The summed E-state index contributed by atoms with van der Waals surface area (Å²) in [6.07, 6.45) is 2.55. The fraction of sp³-hybridized carbons (Fsp3) is 0.143. The SMILES string of the molecule is Cn1nccc1NC(=O)CCc1c(-c2ccc(F)cc2)[nH]c2ccccc12. The molecule has 0 aliphatic heterocycles. The lowest BCUT2D eigenvalue weighted by Crippen LogP contribution is -2.15. The molecule has 2 aromatic heterocycles. The summed E-state index contributed by atoms with van der Waals surface area (Å²) >= 11 is 0. The van der Waals surface area contributed by atoms with Crippen molar-refractivity contribution < 1.29 is 9.18 Å². The van der Waals surface area contributed by atoms with Crippen molar-refractivity contribution in [2.75, 3.05) is 5.32 Å². The Balaban J connectivity index is 1.62. The number of aromatic nitrogens is 3. The van der Waals surface area contributed by atoms with Gasteiger partial charge in [-0.1, -0.05) is 18.2 Å². The minimum atomic E-state index is -0.271. The van der Waals surface area contributed by atoms with Crippen LogP contribution in [0.15, 0.2) is 60.8 Å². The zero-order chi connectivity index (χ0) is 18.8. The fourth-order valence-corrected chi connectivity index (χ4v) is 3.26. The molecule has 0 atom stereocenters. The summed E-state index contributed by atoms with van der Waals surface area (Å²) in [6, 6.07) is 16.1. The van der Waals surface area contributed by atoms with Gasteiger partial charge < -0.3 is 10.3 Å². The molecule has 4 rings (SSSR count). The Morgan fingerprint density at radius 2 is 1.93 bits per heavy atom. The van der Waals surface area contributed by atoms with E-state index in [4.69, 9.17) is 0 Å². The molecule has 0 bridgehead atoms. The van der Waals surface area contributed by atoms with Crippen molar-refractivity contribution in [1.82, 2.24) is 14.8 Å². The number of nitrogens with zero attached hydrogens (tertiary/aromatic N) is 2. The number of para-hydroxylation sites is 1. The minimum Gasteiger partial charge on any atom is -0.354 e. The molecule has 0 unspecified atom stereocenters. The predicted molar refractivity (Wildman–Crippen MR) is 104 cm³/mol. The summed E-state index contributed by atoms with van der Waals surface area (Å²) in [6.45, 7) is 0. The number of hydrogen-bond donors (Lipinski definition) is 2. The highest BCUT2D eigenvalue weighted by Crippen LogP contribution is 2.31. The molecular weight excluding hydrogens is 343 g/mol. The number of hydrogen-bond acceptors (Lipinski definition) is 2. The van der Waals surface area contributed by atoms with Gasteiger partial charge in [0.15, 0.2) is 0 Å². The Morgan fingerprint density at radius 1 is 1.15 bits per heavy atom. The molecule has 6 heteroatoms. The van der Waals surface area contributed by atoms with E-state index in [1.165, 1.54) is 12.1 Å². The van der Waals surface area contributed by atoms with E-state index in [1.807, 2.05) is 24.3 Å². The smallest absolute Gasteiger partial charge is 0.225 e. The minimum absolute atomic E-state index is 0.0751. The van der Waals surface area contributed by atoms with Crippen LogP contribution in [0.25, 0.3) is 22.2 Å². The molecule has 1 amide bonds. The Kier molecular flexibility index (Phi) is 4.46. The highest BCUT2D eigenvalue weighted by Gasteiger charge is 2.15. The maximum absolute atomic E-state index is 13.3. The standard InChI is InChI=1S/C21H19FN4O/c1-26-19(12-13-23-26)25-20(27)11-10-17-16-4-2-3-5-18(16)24-21(17)14-6-8-15(22)9-7-14/h2-9,12-13,24H,10-11H2,1H3,(H,25,27). The lowest BCUT2D eigenvalue weighted by Gasteiger charge is -2.07. The molecule has 0 saturated carbocycles. The van der Waals surface area contributed by atoms with Crippen LogP contribution in [0.5, 0.6) is 0 Å². The monoisotopic (exact) mass is 362 g/mol. The maximum atomic E-state index is 13.3. The maximum Gasteiger partial charge on any atom is 0.225 e. The molecule has 2 heterocycles. The highest BCUT2D eigenvalue weighted by atomic mass is 19.1. The number of carbonyl (C=O) groups excluding carboxylic acids is 1. The molecule has 0 saturated heterocycles. The van der Waals surface area contributed by atoms with Crippen LogP contribution < -0.4 is 5.32 Å². The first-order chi connectivity index (χ1) is 13.1. The summed E-state index contributed by atoms with van der Waals surface area (Å²) in [5.74, 6) is 0.318. The van der Waals surface area contributed by atoms with Gasteiger partial charge >= 0.3 is 0 Å². The second-order valence-electron chi connectivity index (χ2n) is 6.42. The van der Waals surface area contributed by atoms with Crippen LogP contribution in [0.4, 0.5) is 10.2 Å². The van der Waals surface area contributed by atoms with Crippen LogP contribution in [0.3, 0.4) is 0 Å². The molecule has 136 valence electrons.